The third kappa shape index (κ3) is 4.21. The number of hydrogen-bond acceptors (Lipinski definition) is 4. The Morgan fingerprint density at radius 2 is 1.85 bits per heavy atom. The monoisotopic (exact) mass is 299 g/mol. The number of carboxylic acids is 1. The highest BCUT2D eigenvalue weighted by atomic mass is 35.5. The summed E-state index contributed by atoms with van der Waals surface area (Å²) in [6.07, 6.45) is 0. The minimum atomic E-state index is -1.43. The van der Waals surface area contributed by atoms with Gasteiger partial charge >= 0.3 is 11.9 Å². The van der Waals surface area contributed by atoms with Gasteiger partial charge in [0.2, 0.25) is 0 Å². The van der Waals surface area contributed by atoms with Crippen LogP contribution in [-0.2, 0) is 14.3 Å². The molecule has 0 aliphatic rings. The van der Waals surface area contributed by atoms with E-state index in [9.17, 15) is 9.59 Å². The number of ether oxygens (including phenoxy) is 1. The van der Waals surface area contributed by atoms with Gasteiger partial charge in [-0.05, 0) is 32.4 Å². The van der Waals surface area contributed by atoms with Crippen LogP contribution in [0.3, 0.4) is 0 Å². The number of nitrogens with two attached hydrogens (primary N) is 1. The van der Waals surface area contributed by atoms with E-state index in [1.54, 1.807) is 45.0 Å². The van der Waals surface area contributed by atoms with Crippen molar-refractivity contribution in [2.24, 2.45) is 5.73 Å². The molecule has 0 aromatic heterocycles. The molecule has 0 bridgehead atoms. The second-order valence-electron chi connectivity index (χ2n) is 5.40. The van der Waals surface area contributed by atoms with Crippen LogP contribution in [0.25, 0.3) is 0 Å². The molecular formula is C14H18ClNO4. The quantitative estimate of drug-likeness (QED) is 0.832. The van der Waals surface area contributed by atoms with Crippen molar-refractivity contribution < 1.29 is 19.4 Å². The first-order valence-electron chi connectivity index (χ1n) is 6.09. The first-order valence-corrected chi connectivity index (χ1v) is 6.47. The van der Waals surface area contributed by atoms with E-state index in [0.29, 0.717) is 5.56 Å². The third-order valence-electron chi connectivity index (χ3n) is 2.55. The van der Waals surface area contributed by atoms with Crippen LogP contribution in [0.15, 0.2) is 24.3 Å². The zero-order valence-electron chi connectivity index (χ0n) is 11.6. The van der Waals surface area contributed by atoms with Crippen LogP contribution in [0.2, 0.25) is 5.02 Å². The lowest BCUT2D eigenvalue weighted by Crippen LogP contribution is -2.43. The number of carboxylic acid groups (broad SMARTS) is 1. The summed E-state index contributed by atoms with van der Waals surface area (Å²) < 4.78 is 5.24. The van der Waals surface area contributed by atoms with Crippen LogP contribution < -0.4 is 5.73 Å². The first kappa shape index (κ1) is 16.5. The van der Waals surface area contributed by atoms with E-state index in [1.807, 2.05) is 0 Å². The minimum absolute atomic E-state index is 0.278. The molecule has 0 amide bonds. The van der Waals surface area contributed by atoms with Gasteiger partial charge in [0, 0.05) is 5.02 Å². The van der Waals surface area contributed by atoms with Crippen LogP contribution >= 0.6 is 11.6 Å². The van der Waals surface area contributed by atoms with Crippen LogP contribution in [0.5, 0.6) is 0 Å². The van der Waals surface area contributed by atoms with Crippen molar-refractivity contribution in [3.8, 4) is 0 Å². The van der Waals surface area contributed by atoms with Crippen LogP contribution in [0.4, 0.5) is 0 Å². The summed E-state index contributed by atoms with van der Waals surface area (Å²) in [6.45, 7) is 5.09. The Balaban J connectivity index is 3.20. The molecule has 0 aliphatic heterocycles. The first-order chi connectivity index (χ1) is 9.13. The van der Waals surface area contributed by atoms with Crippen molar-refractivity contribution in [1.29, 1.82) is 0 Å². The Bertz CT molecular complexity index is 510. The van der Waals surface area contributed by atoms with E-state index < -0.39 is 29.5 Å². The summed E-state index contributed by atoms with van der Waals surface area (Å²) in [6, 6.07) is 5.06. The maximum Gasteiger partial charge on any atom is 0.321 e. The number of halogens is 1. The molecule has 1 aromatic carbocycles. The predicted octanol–water partition coefficient (Wildman–Crippen LogP) is 2.18. The molecule has 2 atom stereocenters. The SMILES string of the molecule is CC(C)(C)OC(=O)[C@H](c1ccccc1Cl)[C@H](N)C(=O)O. The third-order valence-corrected chi connectivity index (χ3v) is 2.89. The van der Waals surface area contributed by atoms with Crippen molar-refractivity contribution >= 4 is 23.5 Å². The molecule has 0 spiro atoms. The molecule has 3 N–H and O–H groups in total. The van der Waals surface area contributed by atoms with Gasteiger partial charge in [-0.2, -0.15) is 0 Å². The van der Waals surface area contributed by atoms with Gasteiger partial charge in [0.25, 0.3) is 0 Å². The Labute approximate surface area is 122 Å². The van der Waals surface area contributed by atoms with E-state index in [2.05, 4.69) is 0 Å². The number of rotatable bonds is 4. The number of carbonyl (C=O) groups is 2. The lowest BCUT2D eigenvalue weighted by molar-refractivity contribution is -0.160. The van der Waals surface area contributed by atoms with Crippen molar-refractivity contribution in [2.75, 3.05) is 0 Å². The van der Waals surface area contributed by atoms with E-state index in [0.717, 1.165) is 0 Å². The molecule has 6 heteroatoms. The second kappa shape index (κ2) is 6.24. The van der Waals surface area contributed by atoms with Gasteiger partial charge in [0.15, 0.2) is 0 Å². The lowest BCUT2D eigenvalue weighted by Gasteiger charge is -2.26. The molecule has 1 aromatic rings. The Morgan fingerprint density at radius 1 is 1.30 bits per heavy atom. The molecule has 0 radical (unpaired) electrons. The molecule has 0 unspecified atom stereocenters. The minimum Gasteiger partial charge on any atom is -0.480 e. The van der Waals surface area contributed by atoms with Gasteiger partial charge in [-0.1, -0.05) is 29.8 Å². The van der Waals surface area contributed by atoms with Gasteiger partial charge < -0.3 is 15.6 Å². The summed E-state index contributed by atoms with van der Waals surface area (Å²) in [5, 5.41) is 9.35. The standard InChI is InChI=1S/C14H18ClNO4/c1-14(2,3)20-13(19)10(11(16)12(17)18)8-6-4-5-7-9(8)15/h4-7,10-11H,16H2,1-3H3,(H,17,18)/t10-,11+/m1/s1. The van der Waals surface area contributed by atoms with Gasteiger partial charge in [-0.15, -0.1) is 0 Å². The van der Waals surface area contributed by atoms with Crippen molar-refractivity contribution in [3.05, 3.63) is 34.9 Å². The summed E-state index contributed by atoms with van der Waals surface area (Å²) in [4.78, 5) is 23.4. The number of hydrogen-bond donors (Lipinski definition) is 2. The fourth-order valence-electron chi connectivity index (χ4n) is 1.70. The molecule has 0 saturated heterocycles. The zero-order valence-corrected chi connectivity index (χ0v) is 12.3. The Morgan fingerprint density at radius 3 is 2.30 bits per heavy atom. The molecule has 5 nitrogen and oxygen atoms in total. The number of esters is 1. The van der Waals surface area contributed by atoms with Gasteiger partial charge in [0.1, 0.15) is 17.6 Å². The maximum absolute atomic E-state index is 12.2. The fraction of sp³-hybridized carbons (Fsp3) is 0.429. The molecule has 0 heterocycles. The molecular weight excluding hydrogens is 282 g/mol. The van der Waals surface area contributed by atoms with E-state index in [-0.39, 0.29) is 5.02 Å². The number of carbonyl (C=O) groups excluding carboxylic acids is 1. The molecule has 110 valence electrons. The highest BCUT2D eigenvalue weighted by molar-refractivity contribution is 6.31. The van der Waals surface area contributed by atoms with E-state index in [1.165, 1.54) is 0 Å². The van der Waals surface area contributed by atoms with Crippen LogP contribution in [-0.4, -0.2) is 28.7 Å². The Kier molecular flexibility index (Phi) is 5.14. The fourth-order valence-corrected chi connectivity index (χ4v) is 1.96. The van der Waals surface area contributed by atoms with Gasteiger partial charge in [-0.3, -0.25) is 9.59 Å². The highest BCUT2D eigenvalue weighted by Crippen LogP contribution is 2.29. The average Bonchev–Trinajstić information content (AvgIpc) is 2.29. The van der Waals surface area contributed by atoms with Crippen molar-refractivity contribution in [3.63, 3.8) is 0 Å². The van der Waals surface area contributed by atoms with Crippen molar-refractivity contribution in [2.45, 2.75) is 38.3 Å². The second-order valence-corrected chi connectivity index (χ2v) is 5.80. The summed E-state index contributed by atoms with van der Waals surface area (Å²) in [5.41, 5.74) is 5.23. The van der Waals surface area contributed by atoms with Crippen LogP contribution in [0, 0.1) is 0 Å². The molecule has 0 aliphatic carbocycles. The Hall–Kier alpha value is -1.59. The lowest BCUT2D eigenvalue weighted by atomic mass is 9.91. The number of benzene rings is 1. The number of aliphatic carboxylic acids is 1. The summed E-state index contributed by atoms with van der Waals surface area (Å²) >= 11 is 6.03. The van der Waals surface area contributed by atoms with E-state index in [4.69, 9.17) is 27.2 Å². The smallest absolute Gasteiger partial charge is 0.321 e. The predicted molar refractivity (Wildman–Crippen MR) is 75.6 cm³/mol. The largest absolute Gasteiger partial charge is 0.480 e. The molecule has 0 saturated carbocycles. The zero-order chi connectivity index (χ0) is 15.5. The van der Waals surface area contributed by atoms with Crippen LogP contribution in [0.1, 0.15) is 32.3 Å². The van der Waals surface area contributed by atoms with Gasteiger partial charge in [0.05, 0.1) is 0 Å². The molecule has 0 fully saturated rings. The molecule has 1 rings (SSSR count). The summed E-state index contributed by atoms with van der Waals surface area (Å²) in [7, 11) is 0. The van der Waals surface area contributed by atoms with Gasteiger partial charge in [-0.25, -0.2) is 0 Å². The van der Waals surface area contributed by atoms with Crippen molar-refractivity contribution in [1.82, 2.24) is 0 Å². The normalized spacial score (nSPS) is 14.4. The average molecular weight is 300 g/mol. The topological polar surface area (TPSA) is 89.6 Å². The highest BCUT2D eigenvalue weighted by Gasteiger charge is 2.36. The summed E-state index contributed by atoms with van der Waals surface area (Å²) in [5.74, 6) is -3.15. The maximum atomic E-state index is 12.2. The molecule has 20 heavy (non-hydrogen) atoms. The van der Waals surface area contributed by atoms with E-state index >= 15 is 0 Å².